The van der Waals surface area contributed by atoms with Gasteiger partial charge >= 0.3 is 0 Å². The number of H-pyrrole nitrogens is 1. The van der Waals surface area contributed by atoms with E-state index in [9.17, 15) is 0 Å². The highest BCUT2D eigenvalue weighted by atomic mass is 32.1. The maximum absolute atomic E-state index is 4.09. The summed E-state index contributed by atoms with van der Waals surface area (Å²) >= 11 is 1.64. The van der Waals surface area contributed by atoms with Gasteiger partial charge in [0.15, 0.2) is 0 Å². The van der Waals surface area contributed by atoms with Crippen molar-refractivity contribution in [2.75, 3.05) is 5.32 Å². The van der Waals surface area contributed by atoms with E-state index < -0.39 is 0 Å². The lowest BCUT2D eigenvalue weighted by atomic mass is 10.1. The molecule has 6 nitrogen and oxygen atoms in total. The third-order valence-electron chi connectivity index (χ3n) is 2.73. The average molecular weight is 272 g/mol. The molecule has 3 aromatic rings. The van der Waals surface area contributed by atoms with Crippen molar-refractivity contribution in [2.24, 2.45) is 0 Å². The molecule has 2 N–H and O–H groups in total. The zero-order chi connectivity index (χ0) is 13.1. The summed E-state index contributed by atoms with van der Waals surface area (Å²) in [7, 11) is 0. The molecular formula is C12H12N6S. The lowest BCUT2D eigenvalue weighted by Gasteiger charge is -2.13. The fourth-order valence-electron chi connectivity index (χ4n) is 1.79. The molecule has 0 saturated heterocycles. The summed E-state index contributed by atoms with van der Waals surface area (Å²) < 4.78 is 0. The predicted octanol–water partition coefficient (Wildman–Crippen LogP) is 2.50. The first kappa shape index (κ1) is 11.8. The molecule has 0 fully saturated rings. The van der Waals surface area contributed by atoms with Gasteiger partial charge in [-0.05, 0) is 24.3 Å². The zero-order valence-corrected chi connectivity index (χ0v) is 11.1. The molecule has 0 radical (unpaired) electrons. The number of anilines is 1. The van der Waals surface area contributed by atoms with Crippen LogP contribution in [-0.4, -0.2) is 25.6 Å². The van der Waals surface area contributed by atoms with Gasteiger partial charge in [0.1, 0.15) is 0 Å². The standard InChI is InChI=1S/C12H12N6S/c1-8(11-6-13-7-19-11)14-10-4-2-3-9(5-10)12-15-17-18-16-12/h2-8,14H,1H3,(H,15,16,17,18). The minimum atomic E-state index is 0.216. The molecule has 0 aliphatic heterocycles. The summed E-state index contributed by atoms with van der Waals surface area (Å²) in [6.45, 7) is 2.11. The Morgan fingerprint density at radius 2 is 2.32 bits per heavy atom. The molecule has 0 saturated carbocycles. The molecule has 0 spiro atoms. The van der Waals surface area contributed by atoms with Crippen molar-refractivity contribution in [1.82, 2.24) is 25.6 Å². The minimum absolute atomic E-state index is 0.216. The second-order valence-electron chi connectivity index (χ2n) is 4.09. The van der Waals surface area contributed by atoms with Crippen LogP contribution in [0.25, 0.3) is 11.4 Å². The van der Waals surface area contributed by atoms with E-state index >= 15 is 0 Å². The summed E-state index contributed by atoms with van der Waals surface area (Å²) in [5.41, 5.74) is 3.78. The number of nitrogens with one attached hydrogen (secondary N) is 2. The van der Waals surface area contributed by atoms with Crippen LogP contribution in [-0.2, 0) is 0 Å². The van der Waals surface area contributed by atoms with Gasteiger partial charge in [0.25, 0.3) is 0 Å². The smallest absolute Gasteiger partial charge is 0.204 e. The van der Waals surface area contributed by atoms with Gasteiger partial charge in [-0.2, -0.15) is 5.21 Å². The third kappa shape index (κ3) is 2.60. The molecule has 7 heteroatoms. The molecule has 2 aromatic heterocycles. The number of rotatable bonds is 4. The Morgan fingerprint density at radius 3 is 3.05 bits per heavy atom. The lowest BCUT2D eigenvalue weighted by molar-refractivity contribution is 0.881. The number of thiazole rings is 1. The average Bonchev–Trinajstić information content (AvgIpc) is 3.13. The summed E-state index contributed by atoms with van der Waals surface area (Å²) in [4.78, 5) is 5.29. The first-order chi connectivity index (χ1) is 9.33. The second kappa shape index (κ2) is 5.15. The summed E-state index contributed by atoms with van der Waals surface area (Å²) in [5.74, 6) is 0.592. The molecule has 2 heterocycles. The Bertz CT molecular complexity index is 634. The van der Waals surface area contributed by atoms with Crippen LogP contribution in [0.5, 0.6) is 0 Å². The van der Waals surface area contributed by atoms with Crippen LogP contribution in [0, 0.1) is 0 Å². The highest BCUT2D eigenvalue weighted by Crippen LogP contribution is 2.24. The second-order valence-corrected chi connectivity index (χ2v) is 5.00. The van der Waals surface area contributed by atoms with E-state index in [1.54, 1.807) is 11.3 Å². The van der Waals surface area contributed by atoms with Gasteiger partial charge in [-0.1, -0.05) is 12.1 Å². The van der Waals surface area contributed by atoms with Gasteiger partial charge in [0.05, 0.1) is 11.6 Å². The number of nitrogens with zero attached hydrogens (tertiary/aromatic N) is 4. The number of benzene rings is 1. The van der Waals surface area contributed by atoms with Gasteiger partial charge in [-0.25, -0.2) is 0 Å². The van der Waals surface area contributed by atoms with E-state index in [-0.39, 0.29) is 6.04 Å². The van der Waals surface area contributed by atoms with Crippen LogP contribution < -0.4 is 5.32 Å². The first-order valence-electron chi connectivity index (χ1n) is 5.82. The monoisotopic (exact) mass is 272 g/mol. The summed E-state index contributed by atoms with van der Waals surface area (Å²) in [6.07, 6.45) is 1.88. The van der Waals surface area contributed by atoms with Crippen LogP contribution in [0.3, 0.4) is 0 Å². The molecule has 1 atom stereocenters. The van der Waals surface area contributed by atoms with Gasteiger partial charge in [0, 0.05) is 22.3 Å². The first-order valence-corrected chi connectivity index (χ1v) is 6.70. The third-order valence-corrected chi connectivity index (χ3v) is 3.69. The predicted molar refractivity (Wildman–Crippen MR) is 73.8 cm³/mol. The Kier molecular flexibility index (Phi) is 3.20. The fraction of sp³-hybridized carbons (Fsp3) is 0.167. The number of hydrogen-bond acceptors (Lipinski definition) is 6. The molecule has 96 valence electrons. The van der Waals surface area contributed by atoms with E-state index in [4.69, 9.17) is 0 Å². The Balaban J connectivity index is 1.80. The molecule has 1 aromatic carbocycles. The lowest BCUT2D eigenvalue weighted by Crippen LogP contribution is -2.04. The van der Waals surface area contributed by atoms with Crippen molar-refractivity contribution in [1.29, 1.82) is 0 Å². The van der Waals surface area contributed by atoms with Crippen molar-refractivity contribution in [3.63, 3.8) is 0 Å². The maximum Gasteiger partial charge on any atom is 0.204 e. The van der Waals surface area contributed by atoms with E-state index in [2.05, 4.69) is 37.8 Å². The van der Waals surface area contributed by atoms with Gasteiger partial charge < -0.3 is 5.32 Å². The largest absolute Gasteiger partial charge is 0.378 e. The number of tetrazole rings is 1. The van der Waals surface area contributed by atoms with E-state index in [0.29, 0.717) is 5.82 Å². The van der Waals surface area contributed by atoms with Gasteiger partial charge in [-0.3, -0.25) is 4.98 Å². The topological polar surface area (TPSA) is 79.4 Å². The highest BCUT2D eigenvalue weighted by Gasteiger charge is 2.08. The number of hydrogen-bond donors (Lipinski definition) is 2. The Hall–Kier alpha value is -2.28. The van der Waals surface area contributed by atoms with Crippen LogP contribution in [0.1, 0.15) is 17.8 Å². The molecule has 0 amide bonds. The zero-order valence-electron chi connectivity index (χ0n) is 10.2. The van der Waals surface area contributed by atoms with Crippen LogP contribution in [0.4, 0.5) is 5.69 Å². The number of aromatic nitrogens is 5. The molecule has 0 aliphatic carbocycles. The molecular weight excluding hydrogens is 260 g/mol. The molecule has 19 heavy (non-hydrogen) atoms. The van der Waals surface area contributed by atoms with Gasteiger partial charge in [-0.15, -0.1) is 21.5 Å². The molecule has 3 rings (SSSR count). The Morgan fingerprint density at radius 1 is 1.37 bits per heavy atom. The van der Waals surface area contributed by atoms with Crippen molar-refractivity contribution in [2.45, 2.75) is 13.0 Å². The summed E-state index contributed by atoms with van der Waals surface area (Å²) in [6, 6.07) is 8.15. The van der Waals surface area contributed by atoms with Crippen LogP contribution >= 0.6 is 11.3 Å². The van der Waals surface area contributed by atoms with Crippen molar-refractivity contribution in [3.05, 3.63) is 40.8 Å². The maximum atomic E-state index is 4.09. The Labute approximate surface area is 113 Å². The van der Waals surface area contributed by atoms with E-state index in [1.165, 1.54) is 4.88 Å². The quantitative estimate of drug-likeness (QED) is 0.762. The summed E-state index contributed by atoms with van der Waals surface area (Å²) in [5, 5.41) is 17.4. The van der Waals surface area contributed by atoms with E-state index in [1.807, 2.05) is 36.0 Å². The SMILES string of the molecule is CC(Nc1cccc(-c2nn[nH]n2)c1)c1cncs1. The van der Waals surface area contributed by atoms with Crippen LogP contribution in [0.2, 0.25) is 0 Å². The van der Waals surface area contributed by atoms with E-state index in [0.717, 1.165) is 11.3 Å². The van der Waals surface area contributed by atoms with Crippen molar-refractivity contribution < 1.29 is 0 Å². The van der Waals surface area contributed by atoms with Gasteiger partial charge in [0.2, 0.25) is 5.82 Å². The molecule has 1 unspecified atom stereocenters. The van der Waals surface area contributed by atoms with Crippen LogP contribution in [0.15, 0.2) is 36.0 Å². The minimum Gasteiger partial charge on any atom is -0.378 e. The molecule has 0 bridgehead atoms. The van der Waals surface area contributed by atoms with Crippen molar-refractivity contribution in [3.8, 4) is 11.4 Å². The molecule has 0 aliphatic rings. The highest BCUT2D eigenvalue weighted by molar-refractivity contribution is 7.09. The number of aromatic amines is 1. The normalized spacial score (nSPS) is 12.3. The van der Waals surface area contributed by atoms with Crippen molar-refractivity contribution >= 4 is 17.0 Å². The fourth-order valence-corrected chi connectivity index (χ4v) is 2.42.